The second-order valence-electron chi connectivity index (χ2n) is 6.84. The normalized spacial score (nSPS) is 14.0. The van der Waals surface area contributed by atoms with Crippen LogP contribution in [0.2, 0.25) is 0 Å². The molecule has 1 heterocycles. The molecule has 0 bridgehead atoms. The van der Waals surface area contributed by atoms with Gasteiger partial charge in [-0.2, -0.15) is 0 Å². The summed E-state index contributed by atoms with van der Waals surface area (Å²) in [6.07, 6.45) is 0. The van der Waals surface area contributed by atoms with E-state index >= 15 is 0 Å². The van der Waals surface area contributed by atoms with Gasteiger partial charge in [0.25, 0.3) is 15.9 Å². The van der Waals surface area contributed by atoms with Gasteiger partial charge in [-0.25, -0.2) is 8.42 Å². The number of carbonyl (C=O) groups excluding carboxylic acids is 1. The number of nitrogens with zero attached hydrogens (tertiary/aromatic N) is 1. The van der Waals surface area contributed by atoms with Gasteiger partial charge in [0, 0.05) is 35.5 Å². The molecule has 0 spiro atoms. The number of ether oxygens (including phenoxy) is 1. The number of nitrogens with one attached hydrogen (secondary N) is 1. The lowest BCUT2D eigenvalue weighted by atomic mass is 9.96. The molecule has 0 radical (unpaired) electrons. The van der Waals surface area contributed by atoms with Crippen LogP contribution in [0.5, 0.6) is 5.75 Å². The number of hydrogen-bond acceptors (Lipinski definition) is 4. The first-order valence-corrected chi connectivity index (χ1v) is 10.5. The van der Waals surface area contributed by atoms with Crippen LogP contribution in [0.15, 0.2) is 65.6 Å². The number of amides is 1. The molecule has 0 atom stereocenters. The van der Waals surface area contributed by atoms with Crippen molar-refractivity contribution < 1.29 is 17.9 Å². The number of fused-ring (bicyclic) bond motifs is 3. The maximum atomic E-state index is 12.9. The fourth-order valence-corrected chi connectivity index (χ4v) is 5.10. The molecule has 0 saturated carbocycles. The quantitative estimate of drug-likeness (QED) is 0.709. The van der Waals surface area contributed by atoms with E-state index < -0.39 is 10.0 Å². The molecule has 3 aromatic carbocycles. The van der Waals surface area contributed by atoms with E-state index in [0.717, 1.165) is 0 Å². The van der Waals surface area contributed by atoms with E-state index in [1.54, 1.807) is 74.7 Å². The number of benzene rings is 3. The molecule has 0 aliphatic carbocycles. The molecule has 0 saturated heterocycles. The molecular formula is C22H20N2O4S. The molecule has 29 heavy (non-hydrogen) atoms. The predicted molar refractivity (Wildman–Crippen MR) is 113 cm³/mol. The van der Waals surface area contributed by atoms with Crippen LogP contribution in [0.4, 0.5) is 11.4 Å². The fourth-order valence-electron chi connectivity index (χ4n) is 3.62. The van der Waals surface area contributed by atoms with Crippen molar-refractivity contribution in [2.24, 2.45) is 0 Å². The highest BCUT2D eigenvalue weighted by Gasteiger charge is 2.33. The Morgan fingerprint density at radius 3 is 2.52 bits per heavy atom. The van der Waals surface area contributed by atoms with Gasteiger partial charge in [-0.05, 0) is 42.8 Å². The van der Waals surface area contributed by atoms with Crippen LogP contribution in [0, 0.1) is 6.92 Å². The molecule has 4 rings (SSSR count). The maximum absolute atomic E-state index is 12.9. The molecular weight excluding hydrogens is 388 g/mol. The summed E-state index contributed by atoms with van der Waals surface area (Å²) in [5, 5.41) is 2.87. The van der Waals surface area contributed by atoms with Gasteiger partial charge in [0.15, 0.2) is 0 Å². The van der Waals surface area contributed by atoms with Crippen molar-refractivity contribution >= 4 is 27.3 Å². The summed E-state index contributed by atoms with van der Waals surface area (Å²) in [5.74, 6) is 0.364. The van der Waals surface area contributed by atoms with Gasteiger partial charge in [-0.15, -0.1) is 0 Å². The van der Waals surface area contributed by atoms with Crippen LogP contribution < -0.4 is 14.4 Å². The Bertz CT molecular complexity index is 1240. The summed E-state index contributed by atoms with van der Waals surface area (Å²) >= 11 is 0. The van der Waals surface area contributed by atoms with Crippen molar-refractivity contribution in [3.63, 3.8) is 0 Å². The summed E-state index contributed by atoms with van der Waals surface area (Å²) < 4.78 is 32.2. The topological polar surface area (TPSA) is 75.7 Å². The zero-order valence-electron chi connectivity index (χ0n) is 16.3. The Labute approximate surface area is 169 Å². The smallest absolute Gasteiger partial charge is 0.264 e. The highest BCUT2D eigenvalue weighted by atomic mass is 32.2. The first-order valence-electron chi connectivity index (χ1n) is 9.01. The average molecular weight is 408 g/mol. The predicted octanol–water partition coefficient (Wildman–Crippen LogP) is 4.06. The molecule has 1 aliphatic heterocycles. The van der Waals surface area contributed by atoms with Crippen LogP contribution in [0.1, 0.15) is 15.9 Å². The molecule has 0 aromatic heterocycles. The highest BCUT2D eigenvalue weighted by molar-refractivity contribution is 7.93. The fraction of sp³-hybridized carbons (Fsp3) is 0.136. The summed E-state index contributed by atoms with van der Waals surface area (Å²) in [5.41, 5.74) is 3.67. The number of anilines is 2. The number of carbonyl (C=O) groups is 1. The Balaban J connectivity index is 1.80. The minimum absolute atomic E-state index is 0.236. The van der Waals surface area contributed by atoms with Crippen molar-refractivity contribution in [1.29, 1.82) is 0 Å². The average Bonchev–Trinajstić information content (AvgIpc) is 2.72. The van der Waals surface area contributed by atoms with Gasteiger partial charge >= 0.3 is 0 Å². The minimum Gasteiger partial charge on any atom is -0.497 e. The van der Waals surface area contributed by atoms with Crippen molar-refractivity contribution in [3.8, 4) is 16.9 Å². The molecule has 6 nitrogen and oxygen atoms in total. The lowest BCUT2D eigenvalue weighted by Gasteiger charge is -2.31. The van der Waals surface area contributed by atoms with E-state index in [-0.39, 0.29) is 10.8 Å². The van der Waals surface area contributed by atoms with E-state index in [1.165, 1.54) is 11.4 Å². The van der Waals surface area contributed by atoms with Crippen LogP contribution in [-0.4, -0.2) is 28.5 Å². The number of hydrogen-bond donors (Lipinski definition) is 1. The lowest BCUT2D eigenvalue weighted by Crippen LogP contribution is -2.31. The van der Waals surface area contributed by atoms with E-state index in [9.17, 15) is 13.2 Å². The van der Waals surface area contributed by atoms with E-state index in [2.05, 4.69) is 5.32 Å². The molecule has 1 aliphatic rings. The standard InChI is InChI=1S/C22H20N2O4S/c1-14-11-15(22(25)23-16-7-6-8-17(13-16)28-3)12-19-18-9-4-5-10-20(18)29(26,27)24(2)21(14)19/h4-13H,1-3H3,(H,23,25). The Kier molecular flexibility index (Phi) is 4.55. The number of sulfonamides is 1. The molecule has 1 amide bonds. The number of rotatable bonds is 3. The molecule has 148 valence electrons. The van der Waals surface area contributed by atoms with Crippen LogP contribution >= 0.6 is 0 Å². The SMILES string of the molecule is COc1cccc(NC(=O)c2cc(C)c3c(c2)-c2ccccc2S(=O)(=O)N3C)c1. The second kappa shape index (κ2) is 6.93. The Hall–Kier alpha value is -3.32. The monoisotopic (exact) mass is 408 g/mol. The van der Waals surface area contributed by atoms with Crippen LogP contribution in [-0.2, 0) is 10.0 Å². The van der Waals surface area contributed by atoms with Gasteiger partial charge < -0.3 is 10.1 Å². The first-order chi connectivity index (χ1) is 13.8. The van der Waals surface area contributed by atoms with Crippen molar-refractivity contribution in [1.82, 2.24) is 0 Å². The molecule has 0 fully saturated rings. The molecule has 7 heteroatoms. The van der Waals surface area contributed by atoms with Gasteiger partial charge in [0.05, 0.1) is 17.7 Å². The van der Waals surface area contributed by atoms with E-state index in [4.69, 9.17) is 4.74 Å². The van der Waals surface area contributed by atoms with Crippen molar-refractivity contribution in [2.45, 2.75) is 11.8 Å². The molecule has 3 aromatic rings. The van der Waals surface area contributed by atoms with Crippen molar-refractivity contribution in [3.05, 3.63) is 71.8 Å². The third-order valence-corrected chi connectivity index (χ3v) is 6.84. The second-order valence-corrected chi connectivity index (χ2v) is 8.78. The zero-order chi connectivity index (χ0) is 20.8. The van der Waals surface area contributed by atoms with Gasteiger partial charge in [0.1, 0.15) is 5.75 Å². The van der Waals surface area contributed by atoms with Crippen LogP contribution in [0.3, 0.4) is 0 Å². The van der Waals surface area contributed by atoms with Gasteiger partial charge in [-0.1, -0.05) is 24.3 Å². The maximum Gasteiger partial charge on any atom is 0.264 e. The third kappa shape index (κ3) is 3.13. The first kappa shape index (κ1) is 19.0. The van der Waals surface area contributed by atoms with Gasteiger partial charge in [0.2, 0.25) is 0 Å². The number of methoxy groups -OCH3 is 1. The molecule has 1 N–H and O–H groups in total. The van der Waals surface area contributed by atoms with Crippen molar-refractivity contribution in [2.75, 3.05) is 23.8 Å². The summed E-state index contributed by atoms with van der Waals surface area (Å²) in [6, 6.07) is 17.4. The summed E-state index contributed by atoms with van der Waals surface area (Å²) in [7, 11) is -0.527. The summed E-state index contributed by atoms with van der Waals surface area (Å²) in [4.78, 5) is 13.1. The van der Waals surface area contributed by atoms with Gasteiger partial charge in [-0.3, -0.25) is 9.10 Å². The largest absolute Gasteiger partial charge is 0.497 e. The van der Waals surface area contributed by atoms with E-state index in [0.29, 0.717) is 39.4 Å². The van der Waals surface area contributed by atoms with Crippen LogP contribution in [0.25, 0.3) is 11.1 Å². The lowest BCUT2D eigenvalue weighted by molar-refractivity contribution is 0.102. The zero-order valence-corrected chi connectivity index (χ0v) is 17.1. The molecule has 0 unspecified atom stereocenters. The highest BCUT2D eigenvalue weighted by Crippen LogP contribution is 2.44. The minimum atomic E-state index is -3.63. The van der Waals surface area contributed by atoms with E-state index in [1.807, 2.05) is 0 Å². The third-order valence-electron chi connectivity index (χ3n) is 5.02. The Morgan fingerprint density at radius 2 is 1.76 bits per heavy atom. The number of aryl methyl sites for hydroxylation is 1. The Morgan fingerprint density at radius 1 is 1.00 bits per heavy atom. The summed E-state index contributed by atoms with van der Waals surface area (Å²) in [6.45, 7) is 1.81.